The molecule has 1 N–H and O–H groups in total. The van der Waals surface area contributed by atoms with Crippen LogP contribution >= 0.6 is 0 Å². The molecule has 1 aromatic heterocycles. The molecule has 1 aromatic rings. The van der Waals surface area contributed by atoms with Crippen LogP contribution in [-0.2, 0) is 0 Å². The first-order valence-corrected chi connectivity index (χ1v) is 4.42. The van der Waals surface area contributed by atoms with Crippen molar-refractivity contribution in [2.75, 3.05) is 7.11 Å². The van der Waals surface area contributed by atoms with Gasteiger partial charge in [0.25, 0.3) is 0 Å². The van der Waals surface area contributed by atoms with Gasteiger partial charge < -0.3 is 9.84 Å². The number of aliphatic hydroxyl groups is 1. The number of allylic oxidation sites excluding steroid dienone is 1. The van der Waals surface area contributed by atoms with Crippen molar-refractivity contribution in [2.45, 2.75) is 18.9 Å². The zero-order valence-electron chi connectivity index (χ0n) is 8.18. The standard InChI is InChI=1S/C10H14N2O2/c1-3-4-5-9(13)8-6-10(14-2)12-7-11-8/h3,6-7,9,13H,1,4-5H2,2H3. The number of aromatic nitrogens is 2. The number of methoxy groups -OCH3 is 1. The maximum atomic E-state index is 9.68. The molecule has 0 aliphatic rings. The highest BCUT2D eigenvalue weighted by atomic mass is 16.5. The summed E-state index contributed by atoms with van der Waals surface area (Å²) in [7, 11) is 1.53. The Morgan fingerprint density at radius 1 is 1.64 bits per heavy atom. The van der Waals surface area contributed by atoms with Crippen molar-refractivity contribution in [1.29, 1.82) is 0 Å². The molecule has 1 rings (SSSR count). The molecule has 0 aliphatic heterocycles. The highest BCUT2D eigenvalue weighted by Gasteiger charge is 2.09. The number of hydrogen-bond donors (Lipinski definition) is 1. The van der Waals surface area contributed by atoms with Crippen molar-refractivity contribution in [3.8, 4) is 5.88 Å². The van der Waals surface area contributed by atoms with Crippen LogP contribution in [0.4, 0.5) is 0 Å². The molecule has 1 unspecified atom stereocenters. The van der Waals surface area contributed by atoms with Gasteiger partial charge in [0, 0.05) is 6.07 Å². The van der Waals surface area contributed by atoms with E-state index in [0.29, 0.717) is 18.0 Å². The van der Waals surface area contributed by atoms with Crippen LogP contribution in [0, 0.1) is 0 Å². The second-order valence-electron chi connectivity index (χ2n) is 2.87. The Labute approximate surface area is 83.3 Å². The fraction of sp³-hybridized carbons (Fsp3) is 0.400. The average molecular weight is 194 g/mol. The quantitative estimate of drug-likeness (QED) is 0.721. The van der Waals surface area contributed by atoms with E-state index in [9.17, 15) is 5.11 Å². The third-order valence-corrected chi connectivity index (χ3v) is 1.86. The maximum Gasteiger partial charge on any atom is 0.216 e. The van der Waals surface area contributed by atoms with E-state index < -0.39 is 6.10 Å². The Morgan fingerprint density at radius 3 is 3.07 bits per heavy atom. The van der Waals surface area contributed by atoms with E-state index in [1.165, 1.54) is 13.4 Å². The van der Waals surface area contributed by atoms with Crippen molar-refractivity contribution < 1.29 is 9.84 Å². The van der Waals surface area contributed by atoms with Gasteiger partial charge in [-0.1, -0.05) is 6.08 Å². The number of ether oxygens (including phenoxy) is 1. The minimum Gasteiger partial charge on any atom is -0.481 e. The summed E-state index contributed by atoms with van der Waals surface area (Å²) >= 11 is 0. The van der Waals surface area contributed by atoms with Gasteiger partial charge in [-0.15, -0.1) is 6.58 Å². The summed E-state index contributed by atoms with van der Waals surface area (Å²) in [4.78, 5) is 7.82. The minimum absolute atomic E-state index is 0.465. The van der Waals surface area contributed by atoms with Crippen molar-refractivity contribution in [3.63, 3.8) is 0 Å². The lowest BCUT2D eigenvalue weighted by molar-refractivity contribution is 0.163. The molecule has 14 heavy (non-hydrogen) atoms. The maximum absolute atomic E-state index is 9.68. The van der Waals surface area contributed by atoms with E-state index in [1.54, 1.807) is 12.1 Å². The Balaban J connectivity index is 2.68. The smallest absolute Gasteiger partial charge is 0.216 e. The summed E-state index contributed by atoms with van der Waals surface area (Å²) < 4.78 is 4.93. The van der Waals surface area contributed by atoms with Crippen LogP contribution in [0.15, 0.2) is 25.0 Å². The molecule has 0 fully saturated rings. The molecule has 0 bridgehead atoms. The molecule has 4 heteroatoms. The first kappa shape index (κ1) is 10.7. The van der Waals surface area contributed by atoms with Crippen LogP contribution in [-0.4, -0.2) is 22.2 Å². The molecule has 4 nitrogen and oxygen atoms in total. The fourth-order valence-corrected chi connectivity index (χ4v) is 1.07. The third kappa shape index (κ3) is 2.81. The molecule has 0 radical (unpaired) electrons. The predicted molar refractivity (Wildman–Crippen MR) is 53.0 cm³/mol. The van der Waals surface area contributed by atoms with E-state index >= 15 is 0 Å². The lowest BCUT2D eigenvalue weighted by Crippen LogP contribution is -2.01. The molecular weight excluding hydrogens is 180 g/mol. The van der Waals surface area contributed by atoms with Crippen LogP contribution in [0.1, 0.15) is 24.6 Å². The van der Waals surface area contributed by atoms with Gasteiger partial charge >= 0.3 is 0 Å². The molecule has 0 saturated carbocycles. The third-order valence-electron chi connectivity index (χ3n) is 1.86. The molecule has 0 saturated heterocycles. The minimum atomic E-state index is -0.579. The first-order chi connectivity index (χ1) is 6.77. The second kappa shape index (κ2) is 5.34. The van der Waals surface area contributed by atoms with E-state index in [4.69, 9.17) is 4.74 Å². The molecule has 1 heterocycles. The number of rotatable bonds is 5. The van der Waals surface area contributed by atoms with Crippen molar-refractivity contribution in [3.05, 3.63) is 30.7 Å². The Morgan fingerprint density at radius 2 is 2.43 bits per heavy atom. The number of hydrogen-bond acceptors (Lipinski definition) is 4. The van der Waals surface area contributed by atoms with Gasteiger partial charge in [-0.2, -0.15) is 0 Å². The summed E-state index contributed by atoms with van der Waals surface area (Å²) in [6, 6.07) is 1.63. The van der Waals surface area contributed by atoms with Gasteiger partial charge in [-0.3, -0.25) is 0 Å². The Bertz CT molecular complexity index is 302. The van der Waals surface area contributed by atoms with E-state index in [1.807, 2.05) is 0 Å². The zero-order valence-corrected chi connectivity index (χ0v) is 8.18. The van der Waals surface area contributed by atoms with E-state index in [2.05, 4.69) is 16.5 Å². The van der Waals surface area contributed by atoms with Gasteiger partial charge in [0.15, 0.2) is 0 Å². The molecule has 0 aromatic carbocycles. The largest absolute Gasteiger partial charge is 0.481 e. The average Bonchev–Trinajstić information content (AvgIpc) is 2.26. The van der Waals surface area contributed by atoms with Crippen LogP contribution in [0.2, 0.25) is 0 Å². The fourth-order valence-electron chi connectivity index (χ4n) is 1.07. The number of nitrogens with zero attached hydrogens (tertiary/aromatic N) is 2. The first-order valence-electron chi connectivity index (χ1n) is 4.42. The van der Waals surface area contributed by atoms with Crippen molar-refractivity contribution in [1.82, 2.24) is 9.97 Å². The lowest BCUT2D eigenvalue weighted by atomic mass is 10.1. The predicted octanol–water partition coefficient (Wildman–Crippen LogP) is 1.48. The molecule has 76 valence electrons. The highest BCUT2D eigenvalue weighted by molar-refractivity contribution is 5.15. The summed E-state index contributed by atoms with van der Waals surface area (Å²) in [6.45, 7) is 3.59. The molecule has 0 aliphatic carbocycles. The lowest BCUT2D eigenvalue weighted by Gasteiger charge is -2.08. The molecular formula is C10H14N2O2. The molecule has 0 spiro atoms. The normalized spacial score (nSPS) is 12.1. The van der Waals surface area contributed by atoms with Gasteiger partial charge in [0.1, 0.15) is 6.33 Å². The topological polar surface area (TPSA) is 55.2 Å². The Kier molecular flexibility index (Phi) is 4.07. The zero-order chi connectivity index (χ0) is 10.4. The summed E-state index contributed by atoms with van der Waals surface area (Å²) in [5.74, 6) is 0.465. The molecule has 1 atom stereocenters. The van der Waals surface area contributed by atoms with E-state index in [0.717, 1.165) is 6.42 Å². The summed E-state index contributed by atoms with van der Waals surface area (Å²) in [5, 5.41) is 9.68. The summed E-state index contributed by atoms with van der Waals surface area (Å²) in [6.07, 6.45) is 3.94. The number of aliphatic hydroxyl groups excluding tert-OH is 1. The van der Waals surface area contributed by atoms with Gasteiger partial charge in [0.2, 0.25) is 5.88 Å². The second-order valence-corrected chi connectivity index (χ2v) is 2.87. The van der Waals surface area contributed by atoms with E-state index in [-0.39, 0.29) is 0 Å². The van der Waals surface area contributed by atoms with Crippen LogP contribution in [0.25, 0.3) is 0 Å². The van der Waals surface area contributed by atoms with Crippen molar-refractivity contribution in [2.24, 2.45) is 0 Å². The van der Waals surface area contributed by atoms with Gasteiger partial charge in [0.05, 0.1) is 18.9 Å². The monoisotopic (exact) mass is 194 g/mol. The molecule has 0 amide bonds. The van der Waals surface area contributed by atoms with Gasteiger partial charge in [-0.25, -0.2) is 9.97 Å². The Hall–Kier alpha value is -1.42. The summed E-state index contributed by atoms with van der Waals surface area (Å²) in [5.41, 5.74) is 0.582. The SMILES string of the molecule is C=CCCC(O)c1cc(OC)ncn1. The van der Waals surface area contributed by atoms with Crippen LogP contribution in [0.5, 0.6) is 5.88 Å². The van der Waals surface area contributed by atoms with Crippen LogP contribution in [0.3, 0.4) is 0 Å². The van der Waals surface area contributed by atoms with Crippen molar-refractivity contribution >= 4 is 0 Å². The highest BCUT2D eigenvalue weighted by Crippen LogP contribution is 2.18. The van der Waals surface area contributed by atoms with Crippen LogP contribution < -0.4 is 4.74 Å². The van der Waals surface area contributed by atoms with Gasteiger partial charge in [-0.05, 0) is 12.8 Å².